The number of hydrogen-bond acceptors (Lipinski definition) is 5. The van der Waals surface area contributed by atoms with Crippen LogP contribution >= 0.6 is 11.6 Å². The third kappa shape index (κ3) is 3.13. The van der Waals surface area contributed by atoms with Crippen LogP contribution in [0.1, 0.15) is 5.56 Å². The minimum atomic E-state index is -0.681. The number of rotatable bonds is 4. The predicted molar refractivity (Wildman–Crippen MR) is 59.0 cm³/mol. The Morgan fingerprint density at radius 1 is 1.69 bits per heavy atom. The summed E-state index contributed by atoms with van der Waals surface area (Å²) in [5.74, 6) is 0.411. The van der Waals surface area contributed by atoms with Crippen molar-refractivity contribution in [1.29, 1.82) is 0 Å². The minimum absolute atomic E-state index is 0.0379. The summed E-state index contributed by atoms with van der Waals surface area (Å²) >= 11 is 5.40. The summed E-state index contributed by atoms with van der Waals surface area (Å²) in [6, 6.07) is 1.00. The fourth-order valence-electron chi connectivity index (χ4n) is 0.943. The molecule has 1 N–H and O–H groups in total. The molecule has 0 radical (unpaired) electrons. The van der Waals surface area contributed by atoms with Gasteiger partial charge in [-0.25, -0.2) is 4.79 Å². The molecule has 0 unspecified atom stereocenters. The van der Waals surface area contributed by atoms with Crippen LogP contribution in [-0.2, 0) is 0 Å². The van der Waals surface area contributed by atoms with Crippen molar-refractivity contribution in [1.82, 2.24) is 15.2 Å². The summed E-state index contributed by atoms with van der Waals surface area (Å²) in [4.78, 5) is 21.8. The number of aryl methyl sites for hydroxylation is 1. The van der Waals surface area contributed by atoms with Gasteiger partial charge in [0.1, 0.15) is 0 Å². The van der Waals surface area contributed by atoms with Crippen LogP contribution in [0.2, 0.25) is 0 Å². The second kappa shape index (κ2) is 5.96. The molecule has 0 atom stereocenters. The summed E-state index contributed by atoms with van der Waals surface area (Å²) in [6.07, 6.45) is 1.50. The van der Waals surface area contributed by atoms with Gasteiger partial charge in [-0.1, -0.05) is 0 Å². The van der Waals surface area contributed by atoms with E-state index in [0.717, 1.165) is 5.56 Å². The highest BCUT2D eigenvalue weighted by Crippen LogP contribution is 2.08. The van der Waals surface area contributed by atoms with E-state index in [-0.39, 0.29) is 18.2 Å². The monoisotopic (exact) mass is 243 g/mol. The lowest BCUT2D eigenvalue weighted by molar-refractivity contribution is 0.216. The molecule has 0 saturated carbocycles. The molecule has 1 rings (SSSR count). The van der Waals surface area contributed by atoms with Gasteiger partial charge in [-0.2, -0.15) is 10.1 Å². The molecule has 0 saturated heterocycles. The Kier molecular flexibility index (Phi) is 4.59. The number of urea groups is 1. The van der Waals surface area contributed by atoms with Crippen LogP contribution in [-0.4, -0.2) is 33.7 Å². The van der Waals surface area contributed by atoms with Crippen molar-refractivity contribution >= 4 is 23.4 Å². The number of nitroso groups, excluding NO2 is 1. The summed E-state index contributed by atoms with van der Waals surface area (Å²) in [5.41, 5.74) is 0.736. The van der Waals surface area contributed by atoms with Crippen LogP contribution in [0.5, 0.6) is 0 Å². The number of carbonyl (C=O) groups is 1. The van der Waals surface area contributed by atoms with Gasteiger partial charge < -0.3 is 0 Å². The summed E-state index contributed by atoms with van der Waals surface area (Å²) in [5, 5.41) is 13.0. The molecule has 1 heterocycles. The Bertz CT molecular complexity index is 386. The van der Waals surface area contributed by atoms with Gasteiger partial charge >= 0.3 is 6.03 Å². The molecule has 1 aromatic heterocycles. The number of carbonyl (C=O) groups excluding carboxylic acids is 1. The molecule has 0 spiro atoms. The zero-order valence-corrected chi connectivity index (χ0v) is 9.31. The molecule has 16 heavy (non-hydrogen) atoms. The molecule has 8 heteroatoms. The van der Waals surface area contributed by atoms with E-state index in [1.54, 1.807) is 13.0 Å². The van der Waals surface area contributed by atoms with Gasteiger partial charge in [0.2, 0.25) is 0 Å². The van der Waals surface area contributed by atoms with E-state index < -0.39 is 6.03 Å². The zero-order chi connectivity index (χ0) is 12.0. The van der Waals surface area contributed by atoms with Crippen LogP contribution in [0.3, 0.4) is 0 Å². The summed E-state index contributed by atoms with van der Waals surface area (Å²) in [7, 11) is 0. The minimum Gasteiger partial charge on any atom is -0.289 e. The zero-order valence-electron chi connectivity index (χ0n) is 8.55. The van der Waals surface area contributed by atoms with Gasteiger partial charge in [0, 0.05) is 5.88 Å². The molecule has 1 aromatic rings. The van der Waals surface area contributed by atoms with E-state index in [0.29, 0.717) is 5.01 Å². The fourth-order valence-corrected chi connectivity index (χ4v) is 1.10. The third-order valence-corrected chi connectivity index (χ3v) is 1.95. The lowest BCUT2D eigenvalue weighted by atomic mass is 10.3. The lowest BCUT2D eigenvalue weighted by Gasteiger charge is -2.12. The first-order valence-corrected chi connectivity index (χ1v) is 4.98. The Hall–Kier alpha value is -1.76. The molecular weight excluding hydrogens is 234 g/mol. The van der Waals surface area contributed by atoms with Crippen LogP contribution in [0.15, 0.2) is 17.5 Å². The van der Waals surface area contributed by atoms with Crippen LogP contribution < -0.4 is 5.32 Å². The van der Waals surface area contributed by atoms with Crippen molar-refractivity contribution in [3.8, 4) is 0 Å². The topological polar surface area (TPSA) is 87.6 Å². The second-order valence-corrected chi connectivity index (χ2v) is 3.26. The van der Waals surface area contributed by atoms with E-state index >= 15 is 0 Å². The highest BCUT2D eigenvalue weighted by atomic mass is 35.5. The maximum absolute atomic E-state index is 11.5. The van der Waals surface area contributed by atoms with Gasteiger partial charge in [0.25, 0.3) is 0 Å². The Balaban J connectivity index is 2.70. The first-order valence-electron chi connectivity index (χ1n) is 4.45. The van der Waals surface area contributed by atoms with E-state index in [1.807, 2.05) is 0 Å². The van der Waals surface area contributed by atoms with E-state index in [4.69, 9.17) is 11.6 Å². The maximum Gasteiger partial charge on any atom is 0.346 e. The van der Waals surface area contributed by atoms with Crippen LogP contribution in [0, 0.1) is 11.8 Å². The van der Waals surface area contributed by atoms with E-state index in [1.165, 1.54) is 6.20 Å². The number of anilines is 1. The largest absolute Gasteiger partial charge is 0.346 e. The number of nitrogens with zero attached hydrogens (tertiary/aromatic N) is 4. The highest BCUT2D eigenvalue weighted by Gasteiger charge is 2.14. The van der Waals surface area contributed by atoms with Gasteiger partial charge in [-0.15, -0.1) is 21.6 Å². The van der Waals surface area contributed by atoms with Gasteiger partial charge in [-0.3, -0.25) is 5.32 Å². The molecular formula is C8H10ClN5O2. The Morgan fingerprint density at radius 3 is 3.00 bits per heavy atom. The van der Waals surface area contributed by atoms with Gasteiger partial charge in [0.05, 0.1) is 18.0 Å². The fraction of sp³-hybridized carbons (Fsp3) is 0.375. The maximum atomic E-state index is 11.5. The average Bonchev–Trinajstić information content (AvgIpc) is 2.29. The first kappa shape index (κ1) is 12.3. The number of aromatic nitrogens is 2. The smallest absolute Gasteiger partial charge is 0.289 e. The van der Waals surface area contributed by atoms with Crippen LogP contribution in [0.4, 0.5) is 10.6 Å². The molecule has 0 aliphatic rings. The molecule has 0 bridgehead atoms. The SMILES string of the molecule is Cc1ccnnc1NC(=O)N(CCCl)N=O. The van der Waals surface area contributed by atoms with Crippen LogP contribution in [0.25, 0.3) is 0 Å². The number of hydrogen-bond donors (Lipinski definition) is 1. The average molecular weight is 244 g/mol. The number of nitrogens with one attached hydrogen (secondary N) is 1. The first-order chi connectivity index (χ1) is 7.69. The summed E-state index contributed by atoms with van der Waals surface area (Å²) in [6.45, 7) is 1.79. The lowest BCUT2D eigenvalue weighted by Crippen LogP contribution is -2.32. The van der Waals surface area contributed by atoms with Crippen molar-refractivity contribution in [2.75, 3.05) is 17.7 Å². The van der Waals surface area contributed by atoms with Gasteiger partial charge in [0.15, 0.2) is 5.82 Å². The highest BCUT2D eigenvalue weighted by molar-refractivity contribution is 6.18. The molecule has 7 nitrogen and oxygen atoms in total. The Morgan fingerprint density at radius 2 is 2.44 bits per heavy atom. The Labute approximate surface area is 96.7 Å². The van der Waals surface area contributed by atoms with Crippen molar-refractivity contribution in [3.05, 3.63) is 22.7 Å². The third-order valence-electron chi connectivity index (χ3n) is 1.78. The number of alkyl halides is 1. The molecule has 0 fully saturated rings. The molecule has 0 aliphatic heterocycles. The second-order valence-electron chi connectivity index (χ2n) is 2.89. The molecule has 0 aliphatic carbocycles. The standard InChI is InChI=1S/C8H10ClN5O2/c1-6-2-4-10-12-7(6)11-8(15)14(13-16)5-3-9/h2,4H,3,5H2,1H3,(H,11,12,15). The van der Waals surface area contributed by atoms with Crippen molar-refractivity contribution < 1.29 is 4.79 Å². The number of halogens is 1. The number of amides is 2. The quantitative estimate of drug-likeness (QED) is 0.494. The van der Waals surface area contributed by atoms with Gasteiger partial charge in [-0.05, 0) is 18.6 Å². The molecule has 2 amide bonds. The van der Waals surface area contributed by atoms with Crippen molar-refractivity contribution in [3.63, 3.8) is 0 Å². The van der Waals surface area contributed by atoms with E-state index in [9.17, 15) is 9.70 Å². The molecule has 86 valence electrons. The van der Waals surface area contributed by atoms with Crippen molar-refractivity contribution in [2.24, 2.45) is 5.29 Å². The summed E-state index contributed by atoms with van der Waals surface area (Å²) < 4.78 is 0. The predicted octanol–water partition coefficient (Wildman–Crippen LogP) is 1.54. The normalized spacial score (nSPS) is 9.62. The van der Waals surface area contributed by atoms with E-state index in [2.05, 4.69) is 20.8 Å². The molecule has 0 aromatic carbocycles. The van der Waals surface area contributed by atoms with Crippen molar-refractivity contribution in [2.45, 2.75) is 6.92 Å².